The second kappa shape index (κ2) is 10.3. The quantitative estimate of drug-likeness (QED) is 0.441. The maximum absolute atomic E-state index is 13.1. The van der Waals surface area contributed by atoms with Gasteiger partial charge in [-0.3, -0.25) is 0 Å². The molecule has 0 aliphatic rings. The monoisotopic (exact) mass is 489 g/mol. The number of carbonyl (C=O) groups is 2. The molecule has 0 aliphatic carbocycles. The Labute approximate surface area is 201 Å². The summed E-state index contributed by atoms with van der Waals surface area (Å²) in [7, 11) is -2.20. The Hall–Kier alpha value is -2.69. The summed E-state index contributed by atoms with van der Waals surface area (Å²) < 4.78 is 79.4. The number of sulfonamides is 1. The van der Waals surface area contributed by atoms with E-state index in [-0.39, 0.29) is 45.6 Å². The number of nitrogens with zero attached hydrogens (tertiary/aromatic N) is 4. The second-order valence-corrected chi connectivity index (χ2v) is 7.10. The molecular weight excluding hydrogens is 474 g/mol. The van der Waals surface area contributed by atoms with Gasteiger partial charge in [0.2, 0.25) is 11.8 Å². The van der Waals surface area contributed by atoms with E-state index < -0.39 is 50.4 Å². The number of primary amides is 1. The summed E-state index contributed by atoms with van der Waals surface area (Å²) in [6, 6.07) is 0.300. The van der Waals surface area contributed by atoms with Gasteiger partial charge in [0.1, 0.15) is 5.69 Å². The van der Waals surface area contributed by atoms with E-state index in [4.69, 9.17) is 15.2 Å². The van der Waals surface area contributed by atoms with Crippen LogP contribution in [0.1, 0.15) is 16.1 Å². The van der Waals surface area contributed by atoms with Gasteiger partial charge in [-0.1, -0.05) is 0 Å². The van der Waals surface area contributed by atoms with E-state index in [1.165, 1.54) is 0 Å². The molecule has 0 spiro atoms. The number of nitrogens with two attached hydrogens (primary N) is 1. The number of rotatable bonds is 6. The average Bonchev–Trinajstić information content (AvgIpc) is 2.71. The molecule has 170 valence electrons. The molecule has 2 heterocycles. The molecule has 0 radical (unpaired) electrons. The number of hydrogen-bond donors (Lipinski definition) is 1. The number of hydrogen-bond acceptors (Lipinski definition) is 10. The summed E-state index contributed by atoms with van der Waals surface area (Å²) in [5.41, 5.74) is 2.59. The van der Waals surface area contributed by atoms with Crippen molar-refractivity contribution < 1.29 is 45.4 Å². The summed E-state index contributed by atoms with van der Waals surface area (Å²) in [6.07, 6.45) is -5.08. The molecule has 0 fully saturated rings. The fraction of sp³-hybridized carbons (Fsp3) is 0.267. The Kier molecular flexibility index (Phi) is 8.79. The molecule has 17 heteroatoms. The van der Waals surface area contributed by atoms with Crippen LogP contribution in [-0.4, -0.2) is 86.3 Å². The summed E-state index contributed by atoms with van der Waals surface area (Å²) in [4.78, 5) is 34.3. The van der Waals surface area contributed by atoms with Crippen LogP contribution >= 0.6 is 0 Å². The van der Waals surface area contributed by atoms with Crippen LogP contribution in [-0.2, 0) is 20.9 Å². The van der Waals surface area contributed by atoms with Crippen LogP contribution in [0, 0.1) is 0 Å². The molecule has 0 saturated carbocycles. The zero-order chi connectivity index (χ0) is 23.6. The number of methoxy groups -OCH3 is 3. The first-order chi connectivity index (χ1) is 14.4. The number of urea groups is 1. The predicted octanol–water partition coefficient (Wildman–Crippen LogP) is 0.320. The fourth-order valence-electron chi connectivity index (χ4n) is 2.16. The van der Waals surface area contributed by atoms with Gasteiger partial charge in [-0.05, 0) is 12.1 Å². The zero-order valence-corrected chi connectivity index (χ0v) is 16.8. The number of esters is 1. The number of halogens is 3. The Morgan fingerprint density at radius 3 is 1.97 bits per heavy atom. The van der Waals surface area contributed by atoms with E-state index >= 15 is 0 Å². The maximum atomic E-state index is 13.1. The van der Waals surface area contributed by atoms with Crippen LogP contribution in [0.25, 0.3) is 0 Å². The normalized spacial score (nSPS) is 11.2. The van der Waals surface area contributed by atoms with Crippen LogP contribution in [0.2, 0.25) is 0 Å². The second-order valence-electron chi connectivity index (χ2n) is 5.40. The zero-order valence-electron chi connectivity index (χ0n) is 16.0. The summed E-state index contributed by atoms with van der Waals surface area (Å²) in [6.45, 7) is 0. The first kappa shape index (κ1) is 27.3. The molecule has 2 rings (SSSR count). The van der Waals surface area contributed by atoms with E-state index in [2.05, 4.69) is 19.7 Å². The third-order valence-electron chi connectivity index (χ3n) is 3.51. The van der Waals surface area contributed by atoms with Gasteiger partial charge in [-0.15, -0.1) is 4.31 Å². The Morgan fingerprint density at radius 1 is 1.03 bits per heavy atom. The number of carbonyl (C=O) groups excluding carboxylic acids is 2. The molecule has 0 atom stereocenters. The molecule has 12 nitrogen and oxygen atoms in total. The van der Waals surface area contributed by atoms with Crippen molar-refractivity contribution in [2.75, 3.05) is 25.6 Å². The Morgan fingerprint density at radius 2 is 1.56 bits per heavy atom. The van der Waals surface area contributed by atoms with Gasteiger partial charge < -0.3 is 19.9 Å². The number of ether oxygens (including phenoxy) is 3. The van der Waals surface area contributed by atoms with Crippen molar-refractivity contribution in [1.29, 1.82) is 0 Å². The van der Waals surface area contributed by atoms with Gasteiger partial charge in [-0.2, -0.15) is 31.6 Å². The molecule has 2 aromatic rings. The van der Waals surface area contributed by atoms with Crippen LogP contribution < -0.4 is 19.5 Å². The Bertz CT molecular complexity index is 1110. The van der Waals surface area contributed by atoms with Crippen molar-refractivity contribution in [3.63, 3.8) is 0 Å². The summed E-state index contributed by atoms with van der Waals surface area (Å²) >= 11 is 0. The molecule has 2 N–H and O–H groups in total. The van der Waals surface area contributed by atoms with E-state index in [0.29, 0.717) is 12.1 Å². The number of amides is 2. The number of anilines is 1. The molecule has 2 aromatic heterocycles. The van der Waals surface area contributed by atoms with E-state index in [9.17, 15) is 31.2 Å². The van der Waals surface area contributed by atoms with Crippen LogP contribution in [0.5, 0.6) is 11.8 Å². The van der Waals surface area contributed by atoms with Gasteiger partial charge in [-0.25, -0.2) is 14.6 Å². The van der Waals surface area contributed by atoms with E-state index in [1.54, 1.807) is 0 Å². The molecule has 0 bridgehead atoms. The van der Waals surface area contributed by atoms with Crippen LogP contribution in [0.15, 0.2) is 23.2 Å². The predicted molar refractivity (Wildman–Crippen MR) is 102 cm³/mol. The van der Waals surface area contributed by atoms with Gasteiger partial charge >= 0.3 is 47.7 Å². The van der Waals surface area contributed by atoms with Gasteiger partial charge in [0, 0.05) is 0 Å². The summed E-state index contributed by atoms with van der Waals surface area (Å²) in [5.74, 6) is -2.81. The molecule has 32 heavy (non-hydrogen) atoms. The fourth-order valence-corrected chi connectivity index (χ4v) is 3.51. The van der Waals surface area contributed by atoms with Crippen molar-refractivity contribution >= 4 is 57.5 Å². The SMILES string of the molecule is COC(=O)c1ccc(C(F)(F)F)nc1S(=O)(=O)N(C(N)=O)c1nc(OC)cc(OC)n1.[NaH]. The minimum atomic E-state index is -5.36. The summed E-state index contributed by atoms with van der Waals surface area (Å²) in [5, 5.41) is -1.46. The van der Waals surface area contributed by atoms with Crippen LogP contribution in [0.3, 0.4) is 0 Å². The van der Waals surface area contributed by atoms with Gasteiger partial charge in [0.05, 0.1) is 33.0 Å². The molecule has 2 amide bonds. The Balaban J connectivity index is 0.00000512. The third kappa shape index (κ3) is 5.56. The van der Waals surface area contributed by atoms with Crippen molar-refractivity contribution in [2.24, 2.45) is 5.73 Å². The first-order valence-electron chi connectivity index (χ1n) is 7.85. The number of pyridine rings is 1. The molecule has 0 aromatic carbocycles. The number of alkyl halides is 3. The van der Waals surface area contributed by atoms with Crippen molar-refractivity contribution in [2.45, 2.75) is 11.2 Å². The van der Waals surface area contributed by atoms with Gasteiger partial charge in [0.15, 0.2) is 5.03 Å². The third-order valence-corrected chi connectivity index (χ3v) is 5.13. The molecule has 0 aliphatic heterocycles. The van der Waals surface area contributed by atoms with Crippen molar-refractivity contribution in [1.82, 2.24) is 15.0 Å². The minimum absolute atomic E-state index is 0. The molecular formula is C15H15F3N5NaO7S. The van der Waals surface area contributed by atoms with Crippen LogP contribution in [0.4, 0.5) is 23.9 Å². The number of aromatic nitrogens is 3. The van der Waals surface area contributed by atoms with Crippen molar-refractivity contribution in [3.05, 3.63) is 29.5 Å². The van der Waals surface area contributed by atoms with E-state index in [1.807, 2.05) is 0 Å². The standard InChI is InChI=1S/C15H14F3N5O7S.Na.H/c1-28-9-6-10(29-2)22-14(21-9)23(13(19)25)31(26,27)11-7(12(24)30-3)4-5-8(20-11)15(16,17)18;;/h4-6H,1-3H3,(H2,19,25);;. The average molecular weight is 489 g/mol. The topological polar surface area (TPSA) is 164 Å². The van der Waals surface area contributed by atoms with Crippen molar-refractivity contribution in [3.8, 4) is 11.8 Å². The molecule has 0 saturated heterocycles. The van der Waals surface area contributed by atoms with Gasteiger partial charge in [0.25, 0.3) is 16.0 Å². The van der Waals surface area contributed by atoms with E-state index in [0.717, 1.165) is 27.4 Å². The first-order valence-corrected chi connectivity index (χ1v) is 9.29. The molecule has 0 unspecified atom stereocenters.